The molecule has 6 heteroatoms. The Balaban J connectivity index is 1.51. The zero-order valence-electron chi connectivity index (χ0n) is 14.1. The fraction of sp³-hybridized carbons (Fsp3) is 0.368. The van der Waals surface area contributed by atoms with Crippen LogP contribution in [0.15, 0.2) is 53.6 Å². The number of thioether (sulfide) groups is 1. The fourth-order valence-electron chi connectivity index (χ4n) is 3.03. The molecule has 0 fully saturated rings. The van der Waals surface area contributed by atoms with E-state index in [1.807, 2.05) is 30.5 Å². The van der Waals surface area contributed by atoms with Gasteiger partial charge >= 0.3 is 6.09 Å². The normalized spacial score (nSPS) is 15.4. The number of carbonyl (C=O) groups is 1. The topological polar surface area (TPSA) is 65.5 Å². The van der Waals surface area contributed by atoms with Crippen LogP contribution >= 0.6 is 11.8 Å². The first-order chi connectivity index (χ1) is 12.2. The van der Waals surface area contributed by atoms with Gasteiger partial charge in [-0.05, 0) is 36.6 Å². The Morgan fingerprint density at radius 1 is 1.28 bits per heavy atom. The molecule has 1 atom stereocenters. The van der Waals surface area contributed by atoms with Crippen molar-refractivity contribution in [2.45, 2.75) is 30.3 Å². The molecule has 0 bridgehead atoms. The number of rotatable bonds is 7. The number of pyridine rings is 1. The molecule has 132 valence electrons. The van der Waals surface area contributed by atoms with Crippen LogP contribution in [-0.4, -0.2) is 46.0 Å². The highest BCUT2D eigenvalue weighted by Gasteiger charge is 2.19. The van der Waals surface area contributed by atoms with Gasteiger partial charge in [0, 0.05) is 42.5 Å². The highest BCUT2D eigenvalue weighted by Crippen LogP contribution is 2.20. The Kier molecular flexibility index (Phi) is 6.30. The summed E-state index contributed by atoms with van der Waals surface area (Å²) in [5.41, 5.74) is 2.48. The lowest BCUT2D eigenvalue weighted by molar-refractivity contribution is 0.186. The van der Waals surface area contributed by atoms with Gasteiger partial charge in [0.05, 0.1) is 5.69 Å². The molecule has 0 spiro atoms. The molecule has 1 aromatic carbocycles. The van der Waals surface area contributed by atoms with E-state index in [2.05, 4.69) is 33.4 Å². The molecule has 0 saturated carbocycles. The Labute approximate surface area is 152 Å². The second kappa shape index (κ2) is 8.87. The van der Waals surface area contributed by atoms with Crippen molar-refractivity contribution in [3.63, 3.8) is 0 Å². The maximum Gasteiger partial charge on any atom is 0.404 e. The lowest BCUT2D eigenvalue weighted by Gasteiger charge is -2.29. The first-order valence-electron chi connectivity index (χ1n) is 8.53. The van der Waals surface area contributed by atoms with Crippen LogP contribution in [-0.2, 0) is 13.0 Å². The van der Waals surface area contributed by atoms with Gasteiger partial charge in [0.15, 0.2) is 0 Å². The number of carboxylic acid groups (broad SMARTS) is 1. The van der Waals surface area contributed by atoms with Gasteiger partial charge in [-0.1, -0.05) is 24.3 Å². The summed E-state index contributed by atoms with van der Waals surface area (Å²) in [6.45, 7) is 2.72. The SMILES string of the molecule is O=C(O)N[C@H](CCN1CCc2cccnc2C1)CSc1ccccc1. The molecule has 2 N–H and O–H groups in total. The molecule has 3 rings (SSSR count). The zero-order chi connectivity index (χ0) is 17.5. The minimum atomic E-state index is -0.954. The number of fused-ring (bicyclic) bond motifs is 1. The zero-order valence-corrected chi connectivity index (χ0v) is 14.9. The van der Waals surface area contributed by atoms with E-state index in [0.29, 0.717) is 0 Å². The maximum atomic E-state index is 11.1. The monoisotopic (exact) mass is 357 g/mol. The molecule has 0 saturated heterocycles. The summed E-state index contributed by atoms with van der Waals surface area (Å²) < 4.78 is 0. The van der Waals surface area contributed by atoms with E-state index in [9.17, 15) is 4.79 Å². The van der Waals surface area contributed by atoms with Crippen molar-refractivity contribution in [2.75, 3.05) is 18.8 Å². The molecule has 0 aliphatic carbocycles. The minimum Gasteiger partial charge on any atom is -0.465 e. The van der Waals surface area contributed by atoms with Gasteiger partial charge < -0.3 is 10.4 Å². The molecule has 1 aliphatic heterocycles. The standard InChI is InChI=1S/C19H23N3O2S/c23-19(24)21-16(14-25-17-6-2-1-3-7-17)9-12-22-11-8-15-5-4-10-20-18(15)13-22/h1-7,10,16,21H,8-9,11-14H2,(H,23,24)/t16-/m1/s1. The number of hydrogen-bond donors (Lipinski definition) is 2. The first-order valence-corrected chi connectivity index (χ1v) is 9.51. The van der Waals surface area contributed by atoms with Gasteiger partial charge in [-0.25, -0.2) is 4.79 Å². The third-order valence-corrected chi connectivity index (χ3v) is 5.55. The minimum absolute atomic E-state index is 0.0622. The third-order valence-electron chi connectivity index (χ3n) is 4.37. The van der Waals surface area contributed by atoms with Gasteiger partial charge in [0.25, 0.3) is 0 Å². The van der Waals surface area contributed by atoms with Crippen molar-refractivity contribution in [1.82, 2.24) is 15.2 Å². The largest absolute Gasteiger partial charge is 0.465 e. The van der Waals surface area contributed by atoms with Gasteiger partial charge in [0.1, 0.15) is 0 Å². The van der Waals surface area contributed by atoms with E-state index in [4.69, 9.17) is 5.11 Å². The number of amides is 1. The van der Waals surface area contributed by atoms with Crippen LogP contribution in [0.2, 0.25) is 0 Å². The van der Waals surface area contributed by atoms with Crippen molar-refractivity contribution in [3.8, 4) is 0 Å². The summed E-state index contributed by atoms with van der Waals surface area (Å²) in [7, 11) is 0. The Morgan fingerprint density at radius 3 is 2.92 bits per heavy atom. The Hall–Kier alpha value is -2.05. The van der Waals surface area contributed by atoms with Crippen LogP contribution in [0.25, 0.3) is 0 Å². The molecule has 1 amide bonds. The van der Waals surface area contributed by atoms with Crippen LogP contribution in [0, 0.1) is 0 Å². The Bertz CT molecular complexity index is 696. The fourth-order valence-corrected chi connectivity index (χ4v) is 4.02. The van der Waals surface area contributed by atoms with Crippen molar-refractivity contribution in [1.29, 1.82) is 0 Å². The maximum absolute atomic E-state index is 11.1. The second-order valence-corrected chi connectivity index (χ2v) is 7.29. The predicted octanol–water partition coefficient (Wildman–Crippen LogP) is 3.26. The lowest BCUT2D eigenvalue weighted by Crippen LogP contribution is -2.40. The lowest BCUT2D eigenvalue weighted by atomic mass is 10.0. The van der Waals surface area contributed by atoms with E-state index in [-0.39, 0.29) is 6.04 Å². The molecule has 0 radical (unpaired) electrons. The molecule has 5 nitrogen and oxygen atoms in total. The highest BCUT2D eigenvalue weighted by molar-refractivity contribution is 7.99. The quantitative estimate of drug-likeness (QED) is 0.745. The van der Waals surface area contributed by atoms with Crippen LogP contribution in [0.1, 0.15) is 17.7 Å². The van der Waals surface area contributed by atoms with Crippen LogP contribution < -0.4 is 5.32 Å². The van der Waals surface area contributed by atoms with Crippen LogP contribution in [0.4, 0.5) is 4.79 Å². The number of hydrogen-bond acceptors (Lipinski definition) is 4. The summed E-state index contributed by atoms with van der Waals surface area (Å²) in [4.78, 5) is 19.1. The number of aromatic nitrogens is 1. The van der Waals surface area contributed by atoms with E-state index in [1.165, 1.54) is 5.56 Å². The second-order valence-electron chi connectivity index (χ2n) is 6.19. The number of benzene rings is 1. The molecule has 1 aliphatic rings. The Morgan fingerprint density at radius 2 is 2.12 bits per heavy atom. The van der Waals surface area contributed by atoms with Crippen LogP contribution in [0.3, 0.4) is 0 Å². The average molecular weight is 357 g/mol. The molecule has 2 aromatic rings. The van der Waals surface area contributed by atoms with Gasteiger partial charge in [-0.15, -0.1) is 11.8 Å². The van der Waals surface area contributed by atoms with Crippen LogP contribution in [0.5, 0.6) is 0 Å². The molecule has 25 heavy (non-hydrogen) atoms. The first kappa shape index (κ1) is 17.8. The van der Waals surface area contributed by atoms with E-state index < -0.39 is 6.09 Å². The summed E-state index contributed by atoms with van der Waals surface area (Å²) in [6.07, 6.45) is 2.70. The van der Waals surface area contributed by atoms with Crippen molar-refractivity contribution < 1.29 is 9.90 Å². The van der Waals surface area contributed by atoms with Crippen molar-refractivity contribution in [3.05, 3.63) is 59.9 Å². The average Bonchev–Trinajstić information content (AvgIpc) is 2.64. The third kappa shape index (κ3) is 5.47. The van der Waals surface area contributed by atoms with Crippen molar-refractivity contribution >= 4 is 17.9 Å². The number of nitrogens with zero attached hydrogens (tertiary/aromatic N) is 2. The van der Waals surface area contributed by atoms with E-state index in [1.54, 1.807) is 11.8 Å². The summed E-state index contributed by atoms with van der Waals surface area (Å²) in [5, 5.41) is 11.8. The molecule has 0 unspecified atom stereocenters. The van der Waals surface area contributed by atoms with Gasteiger partial charge in [-0.3, -0.25) is 9.88 Å². The molecule has 2 heterocycles. The summed E-state index contributed by atoms with van der Waals surface area (Å²) in [5.74, 6) is 0.735. The van der Waals surface area contributed by atoms with Gasteiger partial charge in [0.2, 0.25) is 0 Å². The smallest absolute Gasteiger partial charge is 0.404 e. The van der Waals surface area contributed by atoms with Crippen molar-refractivity contribution in [2.24, 2.45) is 0 Å². The summed E-state index contributed by atoms with van der Waals surface area (Å²) in [6, 6.07) is 14.2. The molecular weight excluding hydrogens is 334 g/mol. The van der Waals surface area contributed by atoms with E-state index >= 15 is 0 Å². The van der Waals surface area contributed by atoms with Gasteiger partial charge in [-0.2, -0.15) is 0 Å². The predicted molar refractivity (Wildman–Crippen MR) is 99.9 cm³/mol. The molecular formula is C19H23N3O2S. The summed E-state index contributed by atoms with van der Waals surface area (Å²) >= 11 is 1.69. The number of nitrogens with one attached hydrogen (secondary N) is 1. The van der Waals surface area contributed by atoms with E-state index in [0.717, 1.165) is 48.8 Å². The highest BCUT2D eigenvalue weighted by atomic mass is 32.2. The molecule has 1 aromatic heterocycles.